The van der Waals surface area contributed by atoms with E-state index in [1.807, 2.05) is 18.5 Å². The third kappa shape index (κ3) is 2.63. The molecule has 1 aromatic carbocycles. The number of H-pyrrole nitrogens is 1. The average Bonchev–Trinajstić information content (AvgIpc) is 2.94. The molecule has 0 atom stereocenters. The van der Waals surface area contributed by atoms with E-state index in [-0.39, 0.29) is 5.41 Å². The van der Waals surface area contributed by atoms with E-state index in [0.717, 1.165) is 25.9 Å². The quantitative estimate of drug-likeness (QED) is 0.765. The van der Waals surface area contributed by atoms with Crippen molar-refractivity contribution < 1.29 is 0 Å². The van der Waals surface area contributed by atoms with Crippen molar-refractivity contribution in [1.29, 1.82) is 0 Å². The van der Waals surface area contributed by atoms with Crippen LogP contribution in [0.1, 0.15) is 41.8 Å². The summed E-state index contributed by atoms with van der Waals surface area (Å²) in [4.78, 5) is 8.04. The monoisotopic (exact) mass is 319 g/mol. The average molecular weight is 319 g/mol. The zero-order valence-electron chi connectivity index (χ0n) is 14.7. The SMILES string of the molecule is Cc1cc(CC(C)(C)c2cccnc2)c2[nH]c3c(c2c1)CNCC3. The molecular formula is C21H25N3. The van der Waals surface area contributed by atoms with E-state index in [4.69, 9.17) is 0 Å². The molecule has 4 rings (SSSR count). The number of rotatable bonds is 3. The van der Waals surface area contributed by atoms with Crippen molar-refractivity contribution in [1.82, 2.24) is 15.3 Å². The molecule has 1 aliphatic heterocycles. The standard InChI is InChI=1S/C21H25N3/c1-14-9-15(11-21(2,3)16-5-4-7-22-12-16)20-17(10-14)18-13-23-8-6-19(18)24-20/h4-5,7,9-10,12,23-24H,6,8,11,13H2,1-3H3. The van der Waals surface area contributed by atoms with Gasteiger partial charge in [0.25, 0.3) is 0 Å². The second-order valence-corrected chi connectivity index (χ2v) is 7.66. The molecule has 0 fully saturated rings. The summed E-state index contributed by atoms with van der Waals surface area (Å²) in [7, 11) is 0. The number of fused-ring (bicyclic) bond motifs is 3. The van der Waals surface area contributed by atoms with Crippen molar-refractivity contribution >= 4 is 10.9 Å². The molecule has 0 saturated carbocycles. The minimum absolute atomic E-state index is 0.0544. The number of pyridine rings is 1. The van der Waals surface area contributed by atoms with E-state index in [1.165, 1.54) is 38.9 Å². The first-order valence-electron chi connectivity index (χ1n) is 8.79. The third-order valence-corrected chi connectivity index (χ3v) is 5.26. The molecule has 1 aliphatic rings. The fraction of sp³-hybridized carbons (Fsp3) is 0.381. The van der Waals surface area contributed by atoms with Gasteiger partial charge in [-0.2, -0.15) is 0 Å². The summed E-state index contributed by atoms with van der Waals surface area (Å²) < 4.78 is 0. The lowest BCUT2D eigenvalue weighted by molar-refractivity contribution is 0.521. The summed E-state index contributed by atoms with van der Waals surface area (Å²) >= 11 is 0. The maximum Gasteiger partial charge on any atom is 0.0492 e. The summed E-state index contributed by atoms with van der Waals surface area (Å²) in [5.41, 5.74) is 8.29. The maximum atomic E-state index is 4.31. The topological polar surface area (TPSA) is 40.7 Å². The zero-order valence-corrected chi connectivity index (χ0v) is 14.7. The molecule has 0 amide bonds. The summed E-state index contributed by atoms with van der Waals surface area (Å²) in [6, 6.07) is 8.89. The Morgan fingerprint density at radius 3 is 2.92 bits per heavy atom. The Labute approximate surface area is 143 Å². The highest BCUT2D eigenvalue weighted by Gasteiger charge is 2.24. The van der Waals surface area contributed by atoms with Crippen LogP contribution < -0.4 is 5.32 Å². The molecule has 0 aliphatic carbocycles. The second-order valence-electron chi connectivity index (χ2n) is 7.66. The van der Waals surface area contributed by atoms with Crippen LogP contribution in [0.4, 0.5) is 0 Å². The highest BCUT2D eigenvalue weighted by Crippen LogP contribution is 2.33. The molecule has 124 valence electrons. The summed E-state index contributed by atoms with van der Waals surface area (Å²) in [5.74, 6) is 0. The first-order valence-corrected chi connectivity index (χ1v) is 8.79. The highest BCUT2D eigenvalue weighted by molar-refractivity contribution is 5.88. The summed E-state index contributed by atoms with van der Waals surface area (Å²) in [6.45, 7) is 8.86. The van der Waals surface area contributed by atoms with Crippen LogP contribution in [0.25, 0.3) is 10.9 Å². The Morgan fingerprint density at radius 1 is 1.25 bits per heavy atom. The first-order chi connectivity index (χ1) is 11.5. The van der Waals surface area contributed by atoms with Gasteiger partial charge in [-0.15, -0.1) is 0 Å². The fourth-order valence-electron chi connectivity index (χ4n) is 3.96. The van der Waals surface area contributed by atoms with Gasteiger partial charge in [0.15, 0.2) is 0 Å². The fourth-order valence-corrected chi connectivity index (χ4v) is 3.96. The zero-order chi connectivity index (χ0) is 16.7. The van der Waals surface area contributed by atoms with Crippen molar-refractivity contribution in [3.8, 4) is 0 Å². The molecule has 0 unspecified atom stereocenters. The molecule has 0 saturated heterocycles. The number of aryl methyl sites for hydroxylation is 1. The molecule has 3 heteroatoms. The Balaban J connectivity index is 1.80. The van der Waals surface area contributed by atoms with Crippen molar-refractivity contribution in [2.75, 3.05) is 6.54 Å². The van der Waals surface area contributed by atoms with Gasteiger partial charge in [0.1, 0.15) is 0 Å². The van der Waals surface area contributed by atoms with Crippen molar-refractivity contribution in [2.45, 2.75) is 45.6 Å². The number of hydrogen-bond donors (Lipinski definition) is 2. The van der Waals surface area contributed by atoms with Gasteiger partial charge in [-0.1, -0.05) is 31.5 Å². The van der Waals surface area contributed by atoms with E-state index in [1.54, 1.807) is 0 Å². The molecular weight excluding hydrogens is 294 g/mol. The minimum atomic E-state index is 0.0544. The van der Waals surface area contributed by atoms with Crippen molar-refractivity contribution in [2.24, 2.45) is 0 Å². The van der Waals surface area contributed by atoms with E-state index in [2.05, 4.69) is 54.3 Å². The van der Waals surface area contributed by atoms with Gasteiger partial charge in [0, 0.05) is 48.5 Å². The van der Waals surface area contributed by atoms with Crippen LogP contribution in [-0.4, -0.2) is 16.5 Å². The molecule has 3 heterocycles. The number of nitrogens with zero attached hydrogens (tertiary/aromatic N) is 1. The number of benzene rings is 1. The number of hydrogen-bond acceptors (Lipinski definition) is 2. The van der Waals surface area contributed by atoms with Crippen LogP contribution in [-0.2, 0) is 24.8 Å². The largest absolute Gasteiger partial charge is 0.358 e. The molecule has 0 spiro atoms. The molecule has 0 radical (unpaired) electrons. The predicted molar refractivity (Wildman–Crippen MR) is 99.4 cm³/mol. The van der Waals surface area contributed by atoms with Gasteiger partial charge in [-0.25, -0.2) is 0 Å². The van der Waals surface area contributed by atoms with Gasteiger partial charge in [-0.05, 0) is 47.6 Å². The van der Waals surface area contributed by atoms with Gasteiger partial charge in [-0.3, -0.25) is 4.98 Å². The number of nitrogens with one attached hydrogen (secondary N) is 2. The van der Waals surface area contributed by atoms with Gasteiger partial charge < -0.3 is 10.3 Å². The normalized spacial score (nSPS) is 14.8. The molecule has 2 N–H and O–H groups in total. The Kier molecular flexibility index (Phi) is 3.69. The van der Waals surface area contributed by atoms with Crippen LogP contribution in [0.2, 0.25) is 0 Å². The van der Waals surface area contributed by atoms with Gasteiger partial charge in [0.2, 0.25) is 0 Å². The first kappa shape index (κ1) is 15.4. The minimum Gasteiger partial charge on any atom is -0.358 e. The Hall–Kier alpha value is -2.13. The lowest BCUT2D eigenvalue weighted by Crippen LogP contribution is -2.22. The highest BCUT2D eigenvalue weighted by atomic mass is 14.9. The maximum absolute atomic E-state index is 4.31. The van der Waals surface area contributed by atoms with Crippen LogP contribution in [0.3, 0.4) is 0 Å². The van der Waals surface area contributed by atoms with Crippen molar-refractivity contribution in [3.05, 3.63) is 64.6 Å². The van der Waals surface area contributed by atoms with E-state index >= 15 is 0 Å². The van der Waals surface area contributed by atoms with Crippen molar-refractivity contribution in [3.63, 3.8) is 0 Å². The van der Waals surface area contributed by atoms with Crippen LogP contribution in [0.5, 0.6) is 0 Å². The van der Waals surface area contributed by atoms with Gasteiger partial charge >= 0.3 is 0 Å². The lowest BCUT2D eigenvalue weighted by Gasteiger charge is -2.25. The molecule has 24 heavy (non-hydrogen) atoms. The van der Waals surface area contributed by atoms with Crippen LogP contribution in [0, 0.1) is 6.92 Å². The summed E-state index contributed by atoms with van der Waals surface area (Å²) in [5, 5.41) is 4.90. The van der Waals surface area contributed by atoms with Crippen LogP contribution in [0.15, 0.2) is 36.7 Å². The molecule has 3 nitrogen and oxygen atoms in total. The van der Waals surface area contributed by atoms with E-state index in [9.17, 15) is 0 Å². The second kappa shape index (κ2) is 5.75. The van der Waals surface area contributed by atoms with Gasteiger partial charge in [0.05, 0.1) is 0 Å². The lowest BCUT2D eigenvalue weighted by atomic mass is 9.79. The Bertz CT molecular complexity index is 875. The molecule has 0 bridgehead atoms. The number of aromatic amines is 1. The van der Waals surface area contributed by atoms with E-state index < -0.39 is 0 Å². The Morgan fingerprint density at radius 2 is 2.12 bits per heavy atom. The summed E-state index contributed by atoms with van der Waals surface area (Å²) in [6.07, 6.45) is 5.94. The third-order valence-electron chi connectivity index (χ3n) is 5.26. The predicted octanol–water partition coefficient (Wildman–Crippen LogP) is 4.04. The van der Waals surface area contributed by atoms with E-state index in [0.29, 0.717) is 0 Å². The number of aromatic nitrogens is 2. The van der Waals surface area contributed by atoms with Crippen LogP contribution >= 0.6 is 0 Å². The molecule has 3 aromatic rings. The molecule has 2 aromatic heterocycles. The smallest absolute Gasteiger partial charge is 0.0492 e.